The maximum Gasteiger partial charge on any atom is 0.170 e. The Labute approximate surface area is 133 Å². The molecule has 0 aliphatic heterocycles. The van der Waals surface area contributed by atoms with Crippen molar-refractivity contribution < 1.29 is 0 Å². The van der Waals surface area contributed by atoms with Crippen molar-refractivity contribution in [3.05, 3.63) is 29.8 Å². The third-order valence-electron chi connectivity index (χ3n) is 3.95. The van der Waals surface area contributed by atoms with Crippen molar-refractivity contribution in [3.8, 4) is 0 Å². The molecule has 1 aliphatic rings. The first-order valence-corrected chi connectivity index (χ1v) is 8.50. The van der Waals surface area contributed by atoms with Gasteiger partial charge in [-0.2, -0.15) is 0 Å². The quantitative estimate of drug-likeness (QED) is 0.554. The van der Waals surface area contributed by atoms with E-state index in [1.54, 1.807) is 0 Å². The molecule has 0 saturated heterocycles. The molecule has 1 aromatic rings. The predicted molar refractivity (Wildman–Crippen MR) is 94.9 cm³/mol. The Bertz CT molecular complexity index is 441. The molecule has 2 rings (SSSR count). The van der Waals surface area contributed by atoms with E-state index in [1.165, 1.54) is 37.7 Å². The molecule has 1 saturated carbocycles. The molecule has 21 heavy (non-hydrogen) atoms. The maximum atomic E-state index is 5.31. The largest absolute Gasteiger partial charge is 0.362 e. The SMILES string of the molecule is Cc1cccc(NC(=S)NCCCNC2CCCCC2)c1. The molecule has 0 atom stereocenters. The van der Waals surface area contributed by atoms with Gasteiger partial charge >= 0.3 is 0 Å². The monoisotopic (exact) mass is 305 g/mol. The van der Waals surface area contributed by atoms with Gasteiger partial charge in [0.2, 0.25) is 0 Å². The summed E-state index contributed by atoms with van der Waals surface area (Å²) in [5.74, 6) is 0. The van der Waals surface area contributed by atoms with Crippen molar-refractivity contribution in [2.24, 2.45) is 0 Å². The van der Waals surface area contributed by atoms with Gasteiger partial charge in [-0.1, -0.05) is 31.4 Å². The average molecular weight is 305 g/mol. The minimum Gasteiger partial charge on any atom is -0.362 e. The van der Waals surface area contributed by atoms with Crippen LogP contribution in [0.4, 0.5) is 5.69 Å². The van der Waals surface area contributed by atoms with Gasteiger partial charge in [-0.3, -0.25) is 0 Å². The summed E-state index contributed by atoms with van der Waals surface area (Å²) in [4.78, 5) is 0. The number of aryl methyl sites for hydroxylation is 1. The van der Waals surface area contributed by atoms with Crippen LogP contribution in [0.15, 0.2) is 24.3 Å². The Morgan fingerprint density at radius 3 is 2.76 bits per heavy atom. The zero-order chi connectivity index (χ0) is 14.9. The normalized spacial score (nSPS) is 15.7. The van der Waals surface area contributed by atoms with Gasteiger partial charge in [0, 0.05) is 18.3 Å². The molecule has 1 aromatic carbocycles. The van der Waals surface area contributed by atoms with E-state index in [1.807, 2.05) is 12.1 Å². The van der Waals surface area contributed by atoms with E-state index in [9.17, 15) is 0 Å². The van der Waals surface area contributed by atoms with Gasteiger partial charge in [-0.25, -0.2) is 0 Å². The molecule has 0 unspecified atom stereocenters. The van der Waals surface area contributed by atoms with Gasteiger partial charge in [-0.05, 0) is 62.6 Å². The summed E-state index contributed by atoms with van der Waals surface area (Å²) >= 11 is 5.31. The lowest BCUT2D eigenvalue weighted by atomic mass is 9.95. The number of anilines is 1. The molecule has 3 N–H and O–H groups in total. The summed E-state index contributed by atoms with van der Waals surface area (Å²) < 4.78 is 0. The first-order chi connectivity index (χ1) is 10.2. The van der Waals surface area contributed by atoms with E-state index in [0.717, 1.165) is 31.2 Å². The molecule has 0 aromatic heterocycles. The fourth-order valence-corrected chi connectivity index (χ4v) is 3.02. The van der Waals surface area contributed by atoms with Crippen LogP contribution in [0.5, 0.6) is 0 Å². The van der Waals surface area contributed by atoms with Crippen LogP contribution in [0.2, 0.25) is 0 Å². The van der Waals surface area contributed by atoms with Gasteiger partial charge in [0.1, 0.15) is 0 Å². The molecule has 116 valence electrons. The topological polar surface area (TPSA) is 36.1 Å². The lowest BCUT2D eigenvalue weighted by molar-refractivity contribution is 0.372. The van der Waals surface area contributed by atoms with Crippen LogP contribution in [-0.2, 0) is 0 Å². The Morgan fingerprint density at radius 2 is 2.00 bits per heavy atom. The Balaban J connectivity index is 1.54. The van der Waals surface area contributed by atoms with Crippen LogP contribution in [0.25, 0.3) is 0 Å². The zero-order valence-corrected chi connectivity index (χ0v) is 13.8. The van der Waals surface area contributed by atoms with Crippen LogP contribution in [0.3, 0.4) is 0 Å². The summed E-state index contributed by atoms with van der Waals surface area (Å²) in [6, 6.07) is 8.99. The molecule has 3 nitrogen and oxygen atoms in total. The van der Waals surface area contributed by atoms with E-state index >= 15 is 0 Å². The summed E-state index contributed by atoms with van der Waals surface area (Å²) in [5.41, 5.74) is 2.28. The number of rotatable bonds is 6. The second-order valence-corrected chi connectivity index (χ2v) is 6.30. The molecule has 0 spiro atoms. The maximum absolute atomic E-state index is 5.31. The van der Waals surface area contributed by atoms with Crippen molar-refractivity contribution >= 4 is 23.0 Å². The highest BCUT2D eigenvalue weighted by atomic mass is 32.1. The van der Waals surface area contributed by atoms with Crippen molar-refractivity contribution in [2.75, 3.05) is 18.4 Å². The second-order valence-electron chi connectivity index (χ2n) is 5.89. The van der Waals surface area contributed by atoms with Crippen molar-refractivity contribution in [2.45, 2.75) is 51.5 Å². The smallest absolute Gasteiger partial charge is 0.170 e. The number of hydrogen-bond donors (Lipinski definition) is 3. The molecule has 0 heterocycles. The third kappa shape index (κ3) is 6.44. The molecule has 1 aliphatic carbocycles. The van der Waals surface area contributed by atoms with Crippen molar-refractivity contribution in [1.82, 2.24) is 10.6 Å². The van der Waals surface area contributed by atoms with Crippen LogP contribution in [0, 0.1) is 6.92 Å². The number of benzene rings is 1. The van der Waals surface area contributed by atoms with Gasteiger partial charge in [0.15, 0.2) is 5.11 Å². The molecular formula is C17H27N3S. The molecule has 4 heteroatoms. The minimum atomic E-state index is 0.707. The van der Waals surface area contributed by atoms with Crippen molar-refractivity contribution in [1.29, 1.82) is 0 Å². The van der Waals surface area contributed by atoms with Gasteiger partial charge in [0.05, 0.1) is 0 Å². The summed E-state index contributed by atoms with van der Waals surface area (Å²) in [6.07, 6.45) is 7.99. The van der Waals surface area contributed by atoms with E-state index in [0.29, 0.717) is 5.11 Å². The standard InChI is InChI=1S/C17H27N3S/c1-14-7-5-10-16(13-14)20-17(21)19-12-6-11-18-15-8-3-2-4-9-15/h5,7,10,13,15,18H,2-4,6,8-9,11-12H2,1H3,(H2,19,20,21). The second kappa shape index (κ2) is 9.00. The first kappa shape index (κ1) is 16.2. The molecule has 0 radical (unpaired) electrons. The van der Waals surface area contributed by atoms with E-state index in [-0.39, 0.29) is 0 Å². The van der Waals surface area contributed by atoms with E-state index in [2.05, 4.69) is 35.0 Å². The highest BCUT2D eigenvalue weighted by Gasteiger charge is 2.11. The highest BCUT2D eigenvalue weighted by Crippen LogP contribution is 2.17. The minimum absolute atomic E-state index is 0.707. The Hall–Kier alpha value is -1.13. The van der Waals surface area contributed by atoms with Crippen LogP contribution < -0.4 is 16.0 Å². The fraction of sp³-hybridized carbons (Fsp3) is 0.588. The van der Waals surface area contributed by atoms with E-state index in [4.69, 9.17) is 12.2 Å². The molecule has 0 bridgehead atoms. The summed E-state index contributed by atoms with van der Waals surface area (Å²) in [5, 5.41) is 10.8. The predicted octanol–water partition coefficient (Wildman–Crippen LogP) is 3.59. The molecular weight excluding hydrogens is 278 g/mol. The average Bonchev–Trinajstić information content (AvgIpc) is 2.48. The van der Waals surface area contributed by atoms with Crippen LogP contribution in [0.1, 0.15) is 44.1 Å². The summed E-state index contributed by atoms with van der Waals surface area (Å²) in [6.45, 7) is 4.07. The van der Waals surface area contributed by atoms with Gasteiger partial charge in [0.25, 0.3) is 0 Å². The Kier molecular flexibility index (Phi) is 6.96. The Morgan fingerprint density at radius 1 is 1.19 bits per heavy atom. The van der Waals surface area contributed by atoms with Gasteiger partial charge in [-0.15, -0.1) is 0 Å². The van der Waals surface area contributed by atoms with Crippen LogP contribution >= 0.6 is 12.2 Å². The van der Waals surface area contributed by atoms with Crippen molar-refractivity contribution in [3.63, 3.8) is 0 Å². The lowest BCUT2D eigenvalue weighted by Gasteiger charge is -2.22. The zero-order valence-electron chi connectivity index (χ0n) is 13.0. The lowest BCUT2D eigenvalue weighted by Crippen LogP contribution is -2.35. The first-order valence-electron chi connectivity index (χ1n) is 8.09. The third-order valence-corrected chi connectivity index (χ3v) is 4.20. The molecule has 0 amide bonds. The van der Waals surface area contributed by atoms with E-state index < -0.39 is 0 Å². The number of thiocarbonyl (C=S) groups is 1. The fourth-order valence-electron chi connectivity index (χ4n) is 2.80. The number of hydrogen-bond acceptors (Lipinski definition) is 2. The highest BCUT2D eigenvalue weighted by molar-refractivity contribution is 7.80. The molecule has 1 fully saturated rings. The van der Waals surface area contributed by atoms with Gasteiger partial charge < -0.3 is 16.0 Å². The summed E-state index contributed by atoms with van der Waals surface area (Å²) in [7, 11) is 0. The van der Waals surface area contributed by atoms with Crippen LogP contribution in [-0.4, -0.2) is 24.2 Å². The number of nitrogens with one attached hydrogen (secondary N) is 3.